The van der Waals surface area contributed by atoms with Crippen LogP contribution in [0.4, 0.5) is 0 Å². The number of aromatic nitrogens is 1. The first-order chi connectivity index (χ1) is 7.38. The van der Waals surface area contributed by atoms with Crippen molar-refractivity contribution in [2.24, 2.45) is 0 Å². The maximum Gasteiger partial charge on any atom is 0.0535 e. The van der Waals surface area contributed by atoms with Crippen molar-refractivity contribution in [3.05, 3.63) is 48.2 Å². The van der Waals surface area contributed by atoms with Crippen LogP contribution in [-0.4, -0.2) is 4.98 Å². The summed E-state index contributed by atoms with van der Waals surface area (Å²) in [5.41, 5.74) is 2.46. The minimum Gasteiger partial charge on any atom is -0.357 e. The fourth-order valence-electron chi connectivity index (χ4n) is 2.00. The molecule has 1 nitrogen and oxygen atoms in total. The molecule has 0 aliphatic heterocycles. The number of benzene rings is 2. The molecule has 0 spiro atoms. The monoisotopic (exact) mass is 259 g/mol. The maximum atomic E-state index is 3.47. The quantitative estimate of drug-likeness (QED) is 0.630. The second-order valence-corrected chi connectivity index (χ2v) is 4.24. The number of fused-ring (bicyclic) bond motifs is 3. The Morgan fingerprint density at radius 1 is 1.00 bits per heavy atom. The normalized spacial score (nSPS) is 11.3. The molecule has 0 aliphatic carbocycles. The van der Waals surface area contributed by atoms with Crippen molar-refractivity contribution in [1.29, 1.82) is 0 Å². The van der Waals surface area contributed by atoms with Gasteiger partial charge in [-0.05, 0) is 11.5 Å². The summed E-state index contributed by atoms with van der Waals surface area (Å²) in [6.45, 7) is 0. The predicted octanol–water partition coefficient (Wildman–Crippen LogP) is 4.22. The average Bonchev–Trinajstić information content (AvgIpc) is 2.72. The molecule has 0 bridgehead atoms. The van der Waals surface area contributed by atoms with E-state index in [2.05, 4.69) is 63.4 Å². The molecular formula is C13H10BrN. The summed E-state index contributed by atoms with van der Waals surface area (Å²) >= 11 is 3.47. The van der Waals surface area contributed by atoms with Crippen LogP contribution in [0, 0.1) is 0 Å². The zero-order valence-corrected chi connectivity index (χ0v) is 9.71. The number of hydrogen-bond acceptors (Lipinski definition) is 0. The lowest BCUT2D eigenvalue weighted by molar-refractivity contribution is 1.28. The third-order valence-electron chi connectivity index (χ3n) is 2.72. The SMILES string of the molecule is BrCc1cc2ccc3ccccc3c2[nH]1. The van der Waals surface area contributed by atoms with E-state index in [0.29, 0.717) is 0 Å². The van der Waals surface area contributed by atoms with Crippen molar-refractivity contribution >= 4 is 37.6 Å². The van der Waals surface area contributed by atoms with Crippen LogP contribution in [0.3, 0.4) is 0 Å². The Kier molecular flexibility index (Phi) is 2.03. The van der Waals surface area contributed by atoms with Gasteiger partial charge < -0.3 is 4.98 Å². The summed E-state index contributed by atoms with van der Waals surface area (Å²) in [5.74, 6) is 0. The fourth-order valence-corrected chi connectivity index (χ4v) is 2.31. The summed E-state index contributed by atoms with van der Waals surface area (Å²) in [5, 5.41) is 4.73. The molecule has 1 heterocycles. The molecule has 0 fully saturated rings. The zero-order chi connectivity index (χ0) is 10.3. The molecular weight excluding hydrogens is 250 g/mol. The van der Waals surface area contributed by atoms with Gasteiger partial charge in [0.1, 0.15) is 0 Å². The number of halogens is 1. The molecule has 1 aromatic heterocycles. The van der Waals surface area contributed by atoms with E-state index < -0.39 is 0 Å². The van der Waals surface area contributed by atoms with Crippen molar-refractivity contribution in [3.8, 4) is 0 Å². The largest absolute Gasteiger partial charge is 0.357 e. The van der Waals surface area contributed by atoms with E-state index in [4.69, 9.17) is 0 Å². The zero-order valence-electron chi connectivity index (χ0n) is 8.13. The van der Waals surface area contributed by atoms with Gasteiger partial charge in [0.25, 0.3) is 0 Å². The lowest BCUT2D eigenvalue weighted by Crippen LogP contribution is -1.76. The average molecular weight is 260 g/mol. The molecule has 0 aliphatic rings. The highest BCUT2D eigenvalue weighted by Gasteiger charge is 2.03. The Labute approximate surface area is 96.2 Å². The molecule has 0 radical (unpaired) electrons. The van der Waals surface area contributed by atoms with Gasteiger partial charge in [-0.2, -0.15) is 0 Å². The first-order valence-corrected chi connectivity index (χ1v) is 6.06. The van der Waals surface area contributed by atoms with Gasteiger partial charge in [-0.15, -0.1) is 0 Å². The van der Waals surface area contributed by atoms with E-state index in [0.717, 1.165) is 5.33 Å². The summed E-state index contributed by atoms with van der Waals surface area (Å²) in [7, 11) is 0. The van der Waals surface area contributed by atoms with Gasteiger partial charge in [0.05, 0.1) is 5.52 Å². The molecule has 0 saturated carbocycles. The second-order valence-electron chi connectivity index (χ2n) is 3.68. The van der Waals surface area contributed by atoms with Gasteiger partial charge >= 0.3 is 0 Å². The van der Waals surface area contributed by atoms with E-state index in [1.165, 1.54) is 27.4 Å². The number of hydrogen-bond donors (Lipinski definition) is 1. The number of rotatable bonds is 1. The van der Waals surface area contributed by atoms with Gasteiger partial charge in [0.15, 0.2) is 0 Å². The van der Waals surface area contributed by atoms with Gasteiger partial charge in [0, 0.05) is 21.8 Å². The molecule has 3 rings (SSSR count). The van der Waals surface area contributed by atoms with Crippen LogP contribution < -0.4 is 0 Å². The van der Waals surface area contributed by atoms with Gasteiger partial charge in [-0.1, -0.05) is 52.3 Å². The minimum atomic E-state index is 0.871. The smallest absolute Gasteiger partial charge is 0.0535 e. The van der Waals surface area contributed by atoms with E-state index in [1.54, 1.807) is 0 Å². The molecule has 2 aromatic carbocycles. The molecule has 0 saturated heterocycles. The van der Waals surface area contributed by atoms with Crippen LogP contribution in [0.5, 0.6) is 0 Å². The Balaban J connectivity index is 2.47. The minimum absolute atomic E-state index is 0.871. The van der Waals surface area contributed by atoms with E-state index in [-0.39, 0.29) is 0 Å². The highest BCUT2D eigenvalue weighted by molar-refractivity contribution is 9.08. The number of alkyl halides is 1. The third-order valence-corrected chi connectivity index (χ3v) is 3.32. The summed E-state index contributed by atoms with van der Waals surface area (Å²) < 4.78 is 0. The Bertz CT molecular complexity index is 625. The van der Waals surface area contributed by atoms with Crippen LogP contribution in [0.1, 0.15) is 5.69 Å². The predicted molar refractivity (Wildman–Crippen MR) is 68.4 cm³/mol. The fraction of sp³-hybridized carbons (Fsp3) is 0.0769. The van der Waals surface area contributed by atoms with E-state index in [9.17, 15) is 0 Å². The highest BCUT2D eigenvalue weighted by atomic mass is 79.9. The Morgan fingerprint density at radius 3 is 2.67 bits per heavy atom. The molecule has 0 amide bonds. The summed E-state index contributed by atoms with van der Waals surface area (Å²) in [6.07, 6.45) is 0. The van der Waals surface area contributed by atoms with Crippen LogP contribution in [0.25, 0.3) is 21.7 Å². The maximum absolute atomic E-state index is 3.47. The molecule has 74 valence electrons. The van der Waals surface area contributed by atoms with E-state index in [1.807, 2.05) is 0 Å². The van der Waals surface area contributed by atoms with Gasteiger partial charge in [-0.3, -0.25) is 0 Å². The van der Waals surface area contributed by atoms with Crippen LogP contribution in [0.15, 0.2) is 42.5 Å². The van der Waals surface area contributed by atoms with Crippen molar-refractivity contribution in [1.82, 2.24) is 4.98 Å². The van der Waals surface area contributed by atoms with E-state index >= 15 is 0 Å². The number of aromatic amines is 1. The van der Waals surface area contributed by atoms with Crippen LogP contribution >= 0.6 is 15.9 Å². The lowest BCUT2D eigenvalue weighted by atomic mass is 10.1. The number of nitrogens with one attached hydrogen (secondary N) is 1. The summed E-state index contributed by atoms with van der Waals surface area (Å²) in [6, 6.07) is 15.0. The lowest BCUT2D eigenvalue weighted by Gasteiger charge is -1.98. The molecule has 2 heteroatoms. The Morgan fingerprint density at radius 2 is 1.80 bits per heavy atom. The van der Waals surface area contributed by atoms with Crippen LogP contribution in [0.2, 0.25) is 0 Å². The van der Waals surface area contributed by atoms with Crippen molar-refractivity contribution in [2.45, 2.75) is 5.33 Å². The third kappa shape index (κ3) is 1.37. The van der Waals surface area contributed by atoms with Crippen LogP contribution in [-0.2, 0) is 5.33 Å². The molecule has 3 aromatic rings. The molecule has 0 unspecified atom stereocenters. The molecule has 0 atom stereocenters. The standard InChI is InChI=1S/C13H10BrN/c14-8-11-7-10-6-5-9-3-1-2-4-12(9)13(10)15-11/h1-7,15H,8H2. The molecule has 15 heavy (non-hydrogen) atoms. The van der Waals surface area contributed by atoms with Crippen molar-refractivity contribution in [3.63, 3.8) is 0 Å². The Hall–Kier alpha value is -1.28. The molecule has 1 N–H and O–H groups in total. The summed E-state index contributed by atoms with van der Waals surface area (Å²) in [4.78, 5) is 3.44. The van der Waals surface area contributed by atoms with Crippen molar-refractivity contribution < 1.29 is 0 Å². The second kappa shape index (κ2) is 3.38. The first-order valence-electron chi connectivity index (χ1n) is 4.94. The number of H-pyrrole nitrogens is 1. The topological polar surface area (TPSA) is 15.8 Å². The highest BCUT2D eigenvalue weighted by Crippen LogP contribution is 2.25. The first kappa shape index (κ1) is 8.98. The van der Waals surface area contributed by atoms with Gasteiger partial charge in [-0.25, -0.2) is 0 Å². The van der Waals surface area contributed by atoms with Gasteiger partial charge in [0.2, 0.25) is 0 Å². The van der Waals surface area contributed by atoms with Crippen molar-refractivity contribution in [2.75, 3.05) is 0 Å².